The molecule has 0 saturated heterocycles. The lowest BCUT2D eigenvalue weighted by molar-refractivity contribution is 0.341. The summed E-state index contributed by atoms with van der Waals surface area (Å²) in [4.78, 5) is 0. The van der Waals surface area contributed by atoms with Gasteiger partial charge in [0.1, 0.15) is 12.4 Å². The molecule has 1 fully saturated rings. The van der Waals surface area contributed by atoms with Crippen LogP contribution in [-0.4, -0.2) is 37.6 Å². The van der Waals surface area contributed by atoms with Crippen LogP contribution in [0.3, 0.4) is 0 Å². The molecule has 1 heterocycles. The Balaban J connectivity index is 1.71. The number of sulfone groups is 1. The van der Waals surface area contributed by atoms with Crippen molar-refractivity contribution in [1.82, 2.24) is 4.57 Å². The first-order valence-electron chi connectivity index (χ1n) is 10.8. The van der Waals surface area contributed by atoms with Gasteiger partial charge in [0.2, 0.25) is 0 Å². The summed E-state index contributed by atoms with van der Waals surface area (Å²) in [6, 6.07) is 14.6. The maximum atomic E-state index is 11.4. The van der Waals surface area contributed by atoms with E-state index < -0.39 is 9.84 Å². The first kappa shape index (κ1) is 21.6. The number of hydrogen-bond acceptors (Lipinski definition) is 5. The van der Waals surface area contributed by atoms with Crippen molar-refractivity contribution in [1.29, 1.82) is 0 Å². The second-order valence-electron chi connectivity index (χ2n) is 8.85. The zero-order valence-corrected chi connectivity index (χ0v) is 19.2. The summed E-state index contributed by atoms with van der Waals surface area (Å²) in [5.41, 5.74) is 11.6. The van der Waals surface area contributed by atoms with Crippen molar-refractivity contribution in [2.75, 3.05) is 29.7 Å². The average molecular weight is 442 g/mol. The van der Waals surface area contributed by atoms with E-state index in [9.17, 15) is 8.42 Å². The molecule has 0 unspecified atom stereocenters. The van der Waals surface area contributed by atoms with Crippen LogP contribution in [0.5, 0.6) is 5.75 Å². The van der Waals surface area contributed by atoms with Gasteiger partial charge in [0.15, 0.2) is 9.84 Å². The Morgan fingerprint density at radius 3 is 2.48 bits per heavy atom. The Bertz CT molecular complexity index is 1180. The van der Waals surface area contributed by atoms with Crippen molar-refractivity contribution in [2.45, 2.75) is 39.3 Å². The molecule has 1 aliphatic carbocycles. The molecule has 166 valence electrons. The Labute approximate surface area is 184 Å². The van der Waals surface area contributed by atoms with E-state index in [0.29, 0.717) is 17.7 Å². The summed E-state index contributed by atoms with van der Waals surface area (Å²) in [5, 5.41) is 4.42. The zero-order chi connectivity index (χ0) is 22.2. The molecule has 1 aliphatic rings. The molecule has 3 aromatic rings. The van der Waals surface area contributed by atoms with Gasteiger partial charge in [-0.05, 0) is 56.9 Å². The molecule has 0 radical (unpaired) electrons. The molecule has 0 aliphatic heterocycles. The van der Waals surface area contributed by atoms with Crippen molar-refractivity contribution < 1.29 is 13.2 Å². The van der Waals surface area contributed by atoms with Crippen LogP contribution in [-0.2, 0) is 16.4 Å². The summed E-state index contributed by atoms with van der Waals surface area (Å²) < 4.78 is 30.8. The normalized spacial score (nSPS) is 14.3. The van der Waals surface area contributed by atoms with Gasteiger partial charge in [0.25, 0.3) is 0 Å². The first-order chi connectivity index (χ1) is 14.7. The van der Waals surface area contributed by atoms with Crippen LogP contribution in [0.1, 0.15) is 26.7 Å². The number of anilines is 2. The third-order valence-corrected chi connectivity index (χ3v) is 6.46. The van der Waals surface area contributed by atoms with Crippen molar-refractivity contribution in [3.8, 4) is 17.0 Å². The summed E-state index contributed by atoms with van der Waals surface area (Å²) in [6.45, 7) is 5.30. The molecule has 0 bridgehead atoms. The number of benzene rings is 2. The van der Waals surface area contributed by atoms with Crippen LogP contribution < -0.4 is 15.8 Å². The van der Waals surface area contributed by atoms with Crippen LogP contribution in [0.2, 0.25) is 0 Å². The number of nitrogens with one attached hydrogen (secondary N) is 1. The minimum absolute atomic E-state index is 0.00171. The maximum Gasteiger partial charge on any atom is 0.150 e. The lowest BCUT2D eigenvalue weighted by atomic mass is 10.1. The number of nitrogens with zero attached hydrogens (tertiary/aromatic N) is 1. The number of hydrogen-bond donors (Lipinski definition) is 2. The largest absolute Gasteiger partial charge is 0.492 e. The van der Waals surface area contributed by atoms with Crippen molar-refractivity contribution in [3.05, 3.63) is 42.5 Å². The SMILES string of the molecule is CC(C)Nc1ccc(-c2c(N)c3ccc(OCCS(C)(=O)=O)cc3n2CC2CC2)cc1. The van der Waals surface area contributed by atoms with E-state index >= 15 is 0 Å². The molecule has 0 spiro atoms. The molecule has 2 aromatic carbocycles. The molecular formula is C24H31N3O3S. The average Bonchev–Trinajstić information content (AvgIpc) is 3.47. The minimum atomic E-state index is -3.06. The van der Waals surface area contributed by atoms with Crippen LogP contribution >= 0.6 is 0 Å². The van der Waals surface area contributed by atoms with E-state index in [1.54, 1.807) is 0 Å². The van der Waals surface area contributed by atoms with Crippen LogP contribution in [0.4, 0.5) is 11.4 Å². The molecular weight excluding hydrogens is 410 g/mol. The van der Waals surface area contributed by atoms with Gasteiger partial charge >= 0.3 is 0 Å². The fourth-order valence-electron chi connectivity index (χ4n) is 3.87. The fraction of sp³-hybridized carbons (Fsp3) is 0.417. The van der Waals surface area contributed by atoms with Crippen molar-refractivity contribution in [3.63, 3.8) is 0 Å². The van der Waals surface area contributed by atoms with Gasteiger partial charge in [-0.15, -0.1) is 0 Å². The van der Waals surface area contributed by atoms with E-state index in [2.05, 4.69) is 48.0 Å². The number of fused-ring (bicyclic) bond motifs is 1. The summed E-state index contributed by atoms with van der Waals surface area (Å²) >= 11 is 0. The third kappa shape index (κ3) is 5.15. The predicted octanol–water partition coefficient (Wildman–Crippen LogP) is 4.54. The summed E-state index contributed by atoms with van der Waals surface area (Å²) in [6.07, 6.45) is 3.69. The topological polar surface area (TPSA) is 86.3 Å². The summed E-state index contributed by atoms with van der Waals surface area (Å²) in [7, 11) is -3.06. The Morgan fingerprint density at radius 2 is 1.87 bits per heavy atom. The van der Waals surface area contributed by atoms with E-state index in [1.165, 1.54) is 19.1 Å². The van der Waals surface area contributed by atoms with Gasteiger partial charge in [-0.1, -0.05) is 12.1 Å². The fourth-order valence-corrected chi connectivity index (χ4v) is 4.26. The van der Waals surface area contributed by atoms with E-state index in [-0.39, 0.29) is 12.4 Å². The highest BCUT2D eigenvalue weighted by Crippen LogP contribution is 2.41. The van der Waals surface area contributed by atoms with Gasteiger partial charge in [-0.2, -0.15) is 0 Å². The highest BCUT2D eigenvalue weighted by atomic mass is 32.2. The lowest BCUT2D eigenvalue weighted by Crippen LogP contribution is -2.12. The third-order valence-electron chi connectivity index (χ3n) is 5.55. The molecule has 4 rings (SSSR count). The molecule has 0 atom stereocenters. The minimum Gasteiger partial charge on any atom is -0.492 e. The molecule has 1 saturated carbocycles. The number of nitrogen functional groups attached to an aromatic ring is 1. The van der Waals surface area contributed by atoms with E-state index in [0.717, 1.165) is 40.1 Å². The highest BCUT2D eigenvalue weighted by Gasteiger charge is 2.26. The number of rotatable bonds is 9. The lowest BCUT2D eigenvalue weighted by Gasteiger charge is -2.14. The standard InChI is InChI=1S/C24H31N3O3S/c1-16(2)26-19-8-6-18(7-9-19)24-23(25)21-11-10-20(30-12-13-31(3,28)29)14-22(21)27(24)15-17-4-5-17/h6-11,14,16-17,26H,4-5,12-13,15,25H2,1-3H3. The van der Waals surface area contributed by atoms with Crippen LogP contribution in [0.15, 0.2) is 42.5 Å². The summed E-state index contributed by atoms with van der Waals surface area (Å²) in [5.74, 6) is 1.33. The number of aromatic nitrogens is 1. The van der Waals surface area contributed by atoms with Crippen LogP contribution in [0, 0.1) is 5.92 Å². The van der Waals surface area contributed by atoms with Crippen molar-refractivity contribution in [2.24, 2.45) is 5.92 Å². The molecule has 6 nitrogen and oxygen atoms in total. The molecule has 7 heteroatoms. The smallest absolute Gasteiger partial charge is 0.150 e. The van der Waals surface area contributed by atoms with Crippen molar-refractivity contribution >= 4 is 32.1 Å². The highest BCUT2D eigenvalue weighted by molar-refractivity contribution is 7.90. The molecule has 3 N–H and O–H groups in total. The zero-order valence-electron chi connectivity index (χ0n) is 18.4. The molecule has 0 amide bonds. The van der Waals surface area contributed by atoms with Gasteiger partial charge in [-0.3, -0.25) is 0 Å². The Kier molecular flexibility index (Phi) is 5.88. The van der Waals surface area contributed by atoms with Gasteiger partial charge in [0.05, 0.1) is 22.7 Å². The Hall–Kier alpha value is -2.67. The number of nitrogens with two attached hydrogens (primary N) is 1. The monoisotopic (exact) mass is 441 g/mol. The maximum absolute atomic E-state index is 11.4. The van der Waals surface area contributed by atoms with Gasteiger partial charge in [0, 0.05) is 41.5 Å². The molecule has 1 aromatic heterocycles. The van der Waals surface area contributed by atoms with Crippen LogP contribution in [0.25, 0.3) is 22.2 Å². The van der Waals surface area contributed by atoms with E-state index in [1.807, 2.05) is 18.2 Å². The molecule has 31 heavy (non-hydrogen) atoms. The van der Waals surface area contributed by atoms with Gasteiger partial charge < -0.3 is 20.4 Å². The van der Waals surface area contributed by atoms with Gasteiger partial charge in [-0.25, -0.2) is 8.42 Å². The second kappa shape index (κ2) is 8.46. The quantitative estimate of drug-likeness (QED) is 0.509. The number of ether oxygens (including phenoxy) is 1. The Morgan fingerprint density at radius 1 is 1.16 bits per heavy atom. The van der Waals surface area contributed by atoms with E-state index in [4.69, 9.17) is 10.5 Å². The predicted molar refractivity (Wildman–Crippen MR) is 128 cm³/mol. The first-order valence-corrected chi connectivity index (χ1v) is 12.9. The second-order valence-corrected chi connectivity index (χ2v) is 11.1.